The third-order valence-electron chi connectivity index (χ3n) is 4.24. The van der Waals surface area contributed by atoms with Crippen LogP contribution in [0.5, 0.6) is 0 Å². The molecule has 1 saturated heterocycles. The molecular formula is C14H28N2. The molecule has 2 heteroatoms. The molecule has 2 N–H and O–H groups in total. The van der Waals surface area contributed by atoms with Crippen molar-refractivity contribution in [2.75, 3.05) is 13.1 Å². The van der Waals surface area contributed by atoms with Gasteiger partial charge in [-0.05, 0) is 50.5 Å². The average molecular weight is 224 g/mol. The van der Waals surface area contributed by atoms with Crippen molar-refractivity contribution in [3.63, 3.8) is 0 Å². The van der Waals surface area contributed by atoms with Crippen molar-refractivity contribution in [3.05, 3.63) is 0 Å². The monoisotopic (exact) mass is 224 g/mol. The van der Waals surface area contributed by atoms with Crippen LogP contribution in [0, 0.1) is 11.8 Å². The average Bonchev–Trinajstić information content (AvgIpc) is 2.27. The molecule has 2 rings (SSSR count). The van der Waals surface area contributed by atoms with Crippen molar-refractivity contribution in [2.45, 2.75) is 64.5 Å². The van der Waals surface area contributed by atoms with Gasteiger partial charge >= 0.3 is 0 Å². The molecular weight excluding hydrogens is 196 g/mol. The van der Waals surface area contributed by atoms with Crippen LogP contribution in [-0.2, 0) is 0 Å². The Morgan fingerprint density at radius 1 is 1.06 bits per heavy atom. The molecule has 1 heterocycles. The normalized spacial score (nSPS) is 40.9. The molecule has 0 spiro atoms. The summed E-state index contributed by atoms with van der Waals surface area (Å²) in [6.07, 6.45) is 8.35. The highest BCUT2D eigenvalue weighted by Gasteiger charge is 2.24. The van der Waals surface area contributed by atoms with Gasteiger partial charge in [-0.15, -0.1) is 0 Å². The van der Waals surface area contributed by atoms with E-state index in [2.05, 4.69) is 24.5 Å². The SMILES string of the molecule is CC1CC(C)CC(NCC2CCCCN2)C1. The molecule has 3 unspecified atom stereocenters. The third kappa shape index (κ3) is 3.74. The highest BCUT2D eigenvalue weighted by Crippen LogP contribution is 2.28. The molecule has 94 valence electrons. The molecule has 1 aliphatic heterocycles. The fraction of sp³-hybridized carbons (Fsp3) is 1.00. The summed E-state index contributed by atoms with van der Waals surface area (Å²) >= 11 is 0. The summed E-state index contributed by atoms with van der Waals surface area (Å²) in [4.78, 5) is 0. The van der Waals surface area contributed by atoms with Crippen LogP contribution in [0.4, 0.5) is 0 Å². The predicted octanol–water partition coefficient (Wildman–Crippen LogP) is 2.54. The molecule has 2 aliphatic rings. The molecule has 0 aromatic rings. The maximum absolute atomic E-state index is 3.79. The Balaban J connectivity index is 1.68. The Labute approximate surface area is 101 Å². The molecule has 2 fully saturated rings. The Bertz CT molecular complexity index is 189. The molecule has 1 aliphatic carbocycles. The largest absolute Gasteiger partial charge is 0.313 e. The van der Waals surface area contributed by atoms with Gasteiger partial charge in [0.05, 0.1) is 0 Å². The summed E-state index contributed by atoms with van der Waals surface area (Å²) in [5.41, 5.74) is 0. The lowest BCUT2D eigenvalue weighted by molar-refractivity contribution is 0.230. The fourth-order valence-corrected chi connectivity index (χ4v) is 3.52. The van der Waals surface area contributed by atoms with Gasteiger partial charge < -0.3 is 10.6 Å². The number of nitrogens with one attached hydrogen (secondary N) is 2. The predicted molar refractivity (Wildman–Crippen MR) is 69.6 cm³/mol. The van der Waals surface area contributed by atoms with Gasteiger partial charge in [0.2, 0.25) is 0 Å². The van der Waals surface area contributed by atoms with E-state index in [4.69, 9.17) is 0 Å². The maximum atomic E-state index is 3.79. The first kappa shape index (κ1) is 12.4. The van der Waals surface area contributed by atoms with Crippen LogP contribution < -0.4 is 10.6 Å². The molecule has 3 atom stereocenters. The Hall–Kier alpha value is -0.0800. The Morgan fingerprint density at radius 3 is 2.44 bits per heavy atom. The van der Waals surface area contributed by atoms with Crippen molar-refractivity contribution in [2.24, 2.45) is 11.8 Å². The van der Waals surface area contributed by atoms with Gasteiger partial charge in [0.15, 0.2) is 0 Å². The van der Waals surface area contributed by atoms with Crippen molar-refractivity contribution < 1.29 is 0 Å². The van der Waals surface area contributed by atoms with Crippen LogP contribution in [0.15, 0.2) is 0 Å². The van der Waals surface area contributed by atoms with Gasteiger partial charge in [-0.25, -0.2) is 0 Å². The zero-order valence-electron chi connectivity index (χ0n) is 11.0. The first-order valence-corrected chi connectivity index (χ1v) is 7.21. The number of hydrogen-bond acceptors (Lipinski definition) is 2. The maximum Gasteiger partial charge on any atom is 0.0192 e. The zero-order chi connectivity index (χ0) is 11.4. The summed E-state index contributed by atoms with van der Waals surface area (Å²) in [6, 6.07) is 1.52. The topological polar surface area (TPSA) is 24.1 Å². The molecule has 0 aromatic carbocycles. The highest BCUT2D eigenvalue weighted by molar-refractivity contribution is 4.82. The van der Waals surface area contributed by atoms with Crippen LogP contribution in [-0.4, -0.2) is 25.2 Å². The van der Waals surface area contributed by atoms with Crippen LogP contribution >= 0.6 is 0 Å². The van der Waals surface area contributed by atoms with Crippen molar-refractivity contribution in [1.29, 1.82) is 0 Å². The first-order valence-electron chi connectivity index (χ1n) is 7.21. The van der Waals surface area contributed by atoms with Gasteiger partial charge in [-0.1, -0.05) is 20.3 Å². The van der Waals surface area contributed by atoms with Crippen LogP contribution in [0.1, 0.15) is 52.4 Å². The molecule has 0 aromatic heterocycles. The lowest BCUT2D eigenvalue weighted by atomic mass is 9.80. The second-order valence-electron chi connectivity index (χ2n) is 6.17. The third-order valence-corrected chi connectivity index (χ3v) is 4.24. The minimum atomic E-state index is 0.737. The number of rotatable bonds is 3. The zero-order valence-corrected chi connectivity index (χ0v) is 11.0. The second-order valence-corrected chi connectivity index (χ2v) is 6.17. The van der Waals surface area contributed by atoms with Crippen LogP contribution in [0.25, 0.3) is 0 Å². The Kier molecular flexibility index (Phi) is 4.66. The van der Waals surface area contributed by atoms with Crippen LogP contribution in [0.3, 0.4) is 0 Å². The van der Waals surface area contributed by atoms with E-state index >= 15 is 0 Å². The van der Waals surface area contributed by atoms with E-state index in [1.54, 1.807) is 0 Å². The van der Waals surface area contributed by atoms with E-state index in [0.29, 0.717) is 0 Å². The van der Waals surface area contributed by atoms with E-state index < -0.39 is 0 Å². The van der Waals surface area contributed by atoms with Crippen molar-refractivity contribution in [1.82, 2.24) is 10.6 Å². The van der Waals surface area contributed by atoms with E-state index in [0.717, 1.165) is 23.9 Å². The summed E-state index contributed by atoms with van der Waals surface area (Å²) in [6.45, 7) is 7.22. The minimum absolute atomic E-state index is 0.737. The smallest absolute Gasteiger partial charge is 0.0192 e. The van der Waals surface area contributed by atoms with Gasteiger partial charge in [0.1, 0.15) is 0 Å². The molecule has 2 nitrogen and oxygen atoms in total. The van der Waals surface area contributed by atoms with E-state index in [-0.39, 0.29) is 0 Å². The number of piperidine rings is 1. The second kappa shape index (κ2) is 6.02. The lowest BCUT2D eigenvalue weighted by Crippen LogP contribution is -2.46. The minimum Gasteiger partial charge on any atom is -0.313 e. The summed E-state index contributed by atoms with van der Waals surface area (Å²) < 4.78 is 0. The van der Waals surface area contributed by atoms with Gasteiger partial charge in [-0.2, -0.15) is 0 Å². The van der Waals surface area contributed by atoms with Crippen molar-refractivity contribution in [3.8, 4) is 0 Å². The summed E-state index contributed by atoms with van der Waals surface area (Å²) in [7, 11) is 0. The van der Waals surface area contributed by atoms with Gasteiger partial charge in [0.25, 0.3) is 0 Å². The molecule has 1 saturated carbocycles. The summed E-state index contributed by atoms with van der Waals surface area (Å²) in [5.74, 6) is 1.83. The van der Waals surface area contributed by atoms with Gasteiger partial charge in [0, 0.05) is 18.6 Å². The lowest BCUT2D eigenvalue weighted by Gasteiger charge is -2.34. The van der Waals surface area contributed by atoms with Crippen molar-refractivity contribution >= 4 is 0 Å². The van der Waals surface area contributed by atoms with Crippen LogP contribution in [0.2, 0.25) is 0 Å². The first-order chi connectivity index (χ1) is 7.74. The highest BCUT2D eigenvalue weighted by atomic mass is 15.0. The molecule has 16 heavy (non-hydrogen) atoms. The molecule has 0 bridgehead atoms. The van der Waals surface area contributed by atoms with E-state index in [1.807, 2.05) is 0 Å². The molecule has 0 amide bonds. The van der Waals surface area contributed by atoms with Gasteiger partial charge in [-0.3, -0.25) is 0 Å². The van der Waals surface area contributed by atoms with E-state index in [9.17, 15) is 0 Å². The molecule has 0 radical (unpaired) electrons. The fourth-order valence-electron chi connectivity index (χ4n) is 3.52. The number of hydrogen-bond donors (Lipinski definition) is 2. The van der Waals surface area contributed by atoms with E-state index in [1.165, 1.54) is 51.6 Å². The Morgan fingerprint density at radius 2 is 1.81 bits per heavy atom. The summed E-state index contributed by atoms with van der Waals surface area (Å²) in [5, 5.41) is 7.41. The quantitative estimate of drug-likeness (QED) is 0.770. The standard InChI is InChI=1S/C14H28N2/c1-11-7-12(2)9-14(8-11)16-10-13-5-3-4-6-15-13/h11-16H,3-10H2,1-2H3.